The molecule has 2 aromatic rings. The molecule has 1 aliphatic carbocycles. The number of carbonyl (C=O) groups excluding carboxylic acids is 2. The van der Waals surface area contributed by atoms with Crippen LogP contribution < -0.4 is 15.0 Å². The fourth-order valence-corrected chi connectivity index (χ4v) is 4.18. The third kappa shape index (κ3) is 5.98. The second kappa shape index (κ2) is 10.0. The van der Waals surface area contributed by atoms with Crippen LogP contribution >= 0.6 is 0 Å². The quantitative estimate of drug-likeness (QED) is 0.608. The van der Waals surface area contributed by atoms with E-state index in [4.69, 9.17) is 4.74 Å². The average molecular weight is 498 g/mol. The first kappa shape index (κ1) is 24.7. The van der Waals surface area contributed by atoms with E-state index in [1.165, 1.54) is 21.9 Å². The number of pyridine rings is 1. The molecule has 2 heterocycles. The first-order chi connectivity index (χ1) is 16.6. The van der Waals surface area contributed by atoms with Gasteiger partial charge in [-0.25, -0.2) is 18.6 Å². The Balaban J connectivity index is 1.21. The Hall–Kier alpha value is -3.44. The van der Waals surface area contributed by atoms with Gasteiger partial charge in [0.15, 0.2) is 11.6 Å². The van der Waals surface area contributed by atoms with Crippen LogP contribution in [0.4, 0.5) is 32.4 Å². The Bertz CT molecular complexity index is 1070. The van der Waals surface area contributed by atoms with Crippen LogP contribution in [0.5, 0.6) is 5.88 Å². The van der Waals surface area contributed by atoms with Crippen LogP contribution in [-0.4, -0.2) is 53.6 Å². The van der Waals surface area contributed by atoms with Gasteiger partial charge in [0.2, 0.25) is 11.8 Å². The number of nitrogens with one attached hydrogen (secondary N) is 1. The van der Waals surface area contributed by atoms with Crippen molar-refractivity contribution in [1.29, 1.82) is 0 Å². The molecule has 1 saturated carbocycles. The number of halogens is 5. The number of nitrogens with zero attached hydrogens (tertiary/aromatic N) is 3. The monoisotopic (exact) mass is 498 g/mol. The van der Waals surface area contributed by atoms with Gasteiger partial charge in [0.05, 0.1) is 5.56 Å². The molecule has 1 aromatic heterocycles. The number of urea groups is 1. The minimum Gasteiger partial charge on any atom is -0.474 e. The fraction of sp³-hybridized carbons (Fsp3) is 0.435. The lowest BCUT2D eigenvalue weighted by Gasteiger charge is -2.29. The van der Waals surface area contributed by atoms with Crippen molar-refractivity contribution in [3.63, 3.8) is 0 Å². The molecule has 0 spiro atoms. The van der Waals surface area contributed by atoms with Crippen molar-refractivity contribution in [2.24, 2.45) is 0 Å². The Labute approximate surface area is 197 Å². The third-order valence-corrected chi connectivity index (χ3v) is 6.03. The zero-order valence-corrected chi connectivity index (χ0v) is 18.5. The topological polar surface area (TPSA) is 74.8 Å². The summed E-state index contributed by atoms with van der Waals surface area (Å²) in [6, 6.07) is 4.71. The smallest absolute Gasteiger partial charge is 0.417 e. The van der Waals surface area contributed by atoms with Crippen LogP contribution in [0.1, 0.15) is 31.2 Å². The Morgan fingerprint density at radius 2 is 1.80 bits per heavy atom. The first-order valence-electron chi connectivity index (χ1n) is 11.1. The lowest BCUT2D eigenvalue weighted by molar-refractivity contribution is -0.137. The maximum Gasteiger partial charge on any atom is 0.417 e. The summed E-state index contributed by atoms with van der Waals surface area (Å²) in [4.78, 5) is 31.4. The van der Waals surface area contributed by atoms with Gasteiger partial charge in [-0.2, -0.15) is 13.2 Å². The number of carbonyl (C=O) groups is 2. The summed E-state index contributed by atoms with van der Waals surface area (Å²) < 4.78 is 70.2. The molecule has 1 aromatic carbocycles. The highest BCUT2D eigenvalue weighted by molar-refractivity contribution is 5.96. The molecular weight excluding hydrogens is 475 g/mol. The summed E-state index contributed by atoms with van der Waals surface area (Å²) in [6.45, 7) is 0.356. The lowest BCUT2D eigenvalue weighted by atomic mass is 9.93. The number of hydrogen-bond acceptors (Lipinski definition) is 4. The molecule has 4 rings (SSSR count). The summed E-state index contributed by atoms with van der Waals surface area (Å²) >= 11 is 0. The second-order valence-electron chi connectivity index (χ2n) is 8.50. The van der Waals surface area contributed by atoms with Gasteiger partial charge in [0.25, 0.3) is 0 Å². The zero-order chi connectivity index (χ0) is 25.2. The van der Waals surface area contributed by atoms with Gasteiger partial charge in [-0.15, -0.1) is 0 Å². The highest BCUT2D eigenvalue weighted by Crippen LogP contribution is 2.30. The summed E-state index contributed by atoms with van der Waals surface area (Å²) in [5, 5.41) is 2.89. The number of rotatable bonds is 6. The van der Waals surface area contributed by atoms with Crippen molar-refractivity contribution in [3.8, 4) is 5.88 Å². The van der Waals surface area contributed by atoms with E-state index < -0.39 is 29.4 Å². The van der Waals surface area contributed by atoms with Gasteiger partial charge in [0.1, 0.15) is 12.6 Å². The van der Waals surface area contributed by atoms with E-state index in [9.17, 15) is 31.5 Å². The minimum atomic E-state index is -4.46. The van der Waals surface area contributed by atoms with Gasteiger partial charge in [-0.3, -0.25) is 9.69 Å². The van der Waals surface area contributed by atoms with Crippen molar-refractivity contribution in [2.75, 3.05) is 24.5 Å². The van der Waals surface area contributed by atoms with E-state index in [1.807, 2.05) is 0 Å². The van der Waals surface area contributed by atoms with Crippen molar-refractivity contribution >= 4 is 17.6 Å². The number of anilines is 1. The number of benzene rings is 1. The predicted molar refractivity (Wildman–Crippen MR) is 115 cm³/mol. The van der Waals surface area contributed by atoms with E-state index >= 15 is 0 Å². The number of hydrogen-bond donors (Lipinski definition) is 1. The Morgan fingerprint density at radius 3 is 2.43 bits per heavy atom. The number of aromatic nitrogens is 1. The van der Waals surface area contributed by atoms with Gasteiger partial charge in [0, 0.05) is 43.1 Å². The van der Waals surface area contributed by atoms with Gasteiger partial charge >= 0.3 is 12.2 Å². The molecule has 2 aliphatic rings. The number of ether oxygens (including phenoxy) is 1. The molecule has 1 aliphatic heterocycles. The average Bonchev–Trinajstić information content (AvgIpc) is 3.16. The van der Waals surface area contributed by atoms with Crippen molar-refractivity contribution < 1.29 is 36.3 Å². The summed E-state index contributed by atoms with van der Waals surface area (Å²) in [7, 11) is 0. The van der Waals surface area contributed by atoms with Gasteiger partial charge in [-0.05, 0) is 43.9 Å². The number of amides is 3. The van der Waals surface area contributed by atoms with E-state index in [0.717, 1.165) is 24.4 Å². The Kier molecular flexibility index (Phi) is 7.08. The van der Waals surface area contributed by atoms with E-state index in [-0.39, 0.29) is 49.3 Å². The normalized spacial score (nSPS) is 20.8. The molecule has 188 valence electrons. The van der Waals surface area contributed by atoms with Crippen LogP contribution in [0.15, 0.2) is 36.5 Å². The fourth-order valence-electron chi connectivity index (χ4n) is 4.18. The Morgan fingerprint density at radius 1 is 1.06 bits per heavy atom. The highest BCUT2D eigenvalue weighted by atomic mass is 19.4. The molecule has 0 atom stereocenters. The standard InChI is InChI=1S/C23H23F5N4O3/c24-18-7-4-16(11-19(18)25)32-10-9-31(22(32)34)13-20(33)30-15-2-5-17(6-3-15)35-21-8-1-14(12-29-21)23(26,27)28/h1,4,7-8,11-12,15,17H,2-3,5-6,9-10,13H2,(H,30,33). The SMILES string of the molecule is O=C(CN1CCN(c2ccc(F)c(F)c2)C1=O)NC1CCC(Oc2ccc(C(F)(F)F)cn2)CC1. The summed E-state index contributed by atoms with van der Waals surface area (Å²) in [6.07, 6.45) is -1.58. The van der Waals surface area contributed by atoms with Crippen LogP contribution in [-0.2, 0) is 11.0 Å². The first-order valence-corrected chi connectivity index (χ1v) is 11.1. The summed E-state index contributed by atoms with van der Waals surface area (Å²) in [5.74, 6) is -2.28. The molecule has 35 heavy (non-hydrogen) atoms. The molecule has 1 N–H and O–H groups in total. The maximum atomic E-state index is 13.5. The lowest BCUT2D eigenvalue weighted by Crippen LogP contribution is -2.45. The van der Waals surface area contributed by atoms with Crippen molar-refractivity contribution in [3.05, 3.63) is 53.7 Å². The van der Waals surface area contributed by atoms with Crippen LogP contribution in [0.25, 0.3) is 0 Å². The highest BCUT2D eigenvalue weighted by Gasteiger charge is 2.33. The molecule has 2 fully saturated rings. The van der Waals surface area contributed by atoms with Crippen LogP contribution in [0, 0.1) is 11.6 Å². The second-order valence-corrected chi connectivity index (χ2v) is 8.50. The van der Waals surface area contributed by atoms with Gasteiger partial charge < -0.3 is 15.0 Å². The van der Waals surface area contributed by atoms with E-state index in [0.29, 0.717) is 25.7 Å². The maximum absolute atomic E-state index is 13.5. The minimum absolute atomic E-state index is 0.114. The van der Waals surface area contributed by atoms with E-state index in [2.05, 4.69) is 10.3 Å². The molecule has 3 amide bonds. The van der Waals surface area contributed by atoms with E-state index in [1.54, 1.807) is 0 Å². The summed E-state index contributed by atoms with van der Waals surface area (Å²) in [5.41, 5.74) is -0.627. The molecule has 7 nitrogen and oxygen atoms in total. The van der Waals surface area contributed by atoms with Crippen molar-refractivity contribution in [2.45, 2.75) is 44.0 Å². The molecular formula is C23H23F5N4O3. The molecule has 12 heteroatoms. The largest absolute Gasteiger partial charge is 0.474 e. The molecule has 0 radical (unpaired) electrons. The van der Waals surface area contributed by atoms with Crippen molar-refractivity contribution in [1.82, 2.24) is 15.2 Å². The number of alkyl halides is 3. The van der Waals surface area contributed by atoms with Crippen LogP contribution in [0.2, 0.25) is 0 Å². The zero-order valence-electron chi connectivity index (χ0n) is 18.5. The third-order valence-electron chi connectivity index (χ3n) is 6.03. The molecule has 1 saturated heterocycles. The molecule has 0 bridgehead atoms. The van der Waals surface area contributed by atoms with Gasteiger partial charge in [-0.1, -0.05) is 0 Å². The predicted octanol–water partition coefficient (Wildman–Crippen LogP) is 4.13. The van der Waals surface area contributed by atoms with Crippen LogP contribution in [0.3, 0.4) is 0 Å². The molecule has 0 unspecified atom stereocenters.